The number of amides is 1. The van der Waals surface area contributed by atoms with E-state index >= 15 is 0 Å². The molecule has 4 nitrogen and oxygen atoms in total. The Labute approximate surface area is 122 Å². The molecule has 0 bridgehead atoms. The van der Waals surface area contributed by atoms with Gasteiger partial charge in [0.25, 0.3) is 5.91 Å². The molecule has 0 fully saturated rings. The molecular formula is C15H20N2O2S. The molecule has 1 aromatic heterocycles. The monoisotopic (exact) mass is 292 g/mol. The zero-order valence-electron chi connectivity index (χ0n) is 11.9. The molecule has 0 aliphatic carbocycles. The highest BCUT2D eigenvalue weighted by Crippen LogP contribution is 2.34. The van der Waals surface area contributed by atoms with Crippen LogP contribution >= 0.6 is 11.3 Å². The zero-order chi connectivity index (χ0) is 14.9. The summed E-state index contributed by atoms with van der Waals surface area (Å²) >= 11 is 1.39. The summed E-state index contributed by atoms with van der Waals surface area (Å²) in [5.74, 6) is -0.0455. The fourth-order valence-electron chi connectivity index (χ4n) is 2.05. The number of hydrogen-bond acceptors (Lipinski definition) is 4. The molecule has 1 atom stereocenters. The van der Waals surface area contributed by atoms with Gasteiger partial charge in [0, 0.05) is 10.1 Å². The maximum Gasteiger partial charge on any atom is 0.263 e. The lowest BCUT2D eigenvalue weighted by molar-refractivity contribution is 0.0902. The topological polar surface area (TPSA) is 75.4 Å². The lowest BCUT2D eigenvalue weighted by atomic mass is 10.1. The number of nitrogen functional groups attached to an aromatic ring is 1. The second-order valence-corrected chi connectivity index (χ2v) is 6.40. The van der Waals surface area contributed by atoms with E-state index in [-0.39, 0.29) is 24.5 Å². The number of rotatable bonds is 4. The van der Waals surface area contributed by atoms with Crippen molar-refractivity contribution in [1.82, 2.24) is 5.32 Å². The van der Waals surface area contributed by atoms with Crippen LogP contribution in [0, 0.1) is 12.8 Å². The van der Waals surface area contributed by atoms with Crippen LogP contribution in [-0.2, 0) is 0 Å². The highest BCUT2D eigenvalue weighted by atomic mass is 32.1. The van der Waals surface area contributed by atoms with Crippen LogP contribution in [0.1, 0.15) is 29.1 Å². The fourth-order valence-corrected chi connectivity index (χ4v) is 3.17. The van der Waals surface area contributed by atoms with Gasteiger partial charge in [-0.15, -0.1) is 11.3 Å². The molecule has 4 N–H and O–H groups in total. The number of hydrogen-bond donors (Lipinski definition) is 3. The third-order valence-corrected chi connectivity index (χ3v) is 4.58. The minimum absolute atomic E-state index is 0.0761. The largest absolute Gasteiger partial charge is 0.397 e. The fraction of sp³-hybridized carbons (Fsp3) is 0.400. The van der Waals surface area contributed by atoms with Gasteiger partial charge in [0.05, 0.1) is 18.3 Å². The Kier molecular flexibility index (Phi) is 4.30. The van der Waals surface area contributed by atoms with Gasteiger partial charge in [-0.1, -0.05) is 26.0 Å². The van der Waals surface area contributed by atoms with Gasteiger partial charge >= 0.3 is 0 Å². The van der Waals surface area contributed by atoms with Crippen molar-refractivity contribution in [3.63, 3.8) is 0 Å². The van der Waals surface area contributed by atoms with Gasteiger partial charge in [-0.3, -0.25) is 4.79 Å². The first-order valence-corrected chi connectivity index (χ1v) is 7.46. The molecule has 1 amide bonds. The van der Waals surface area contributed by atoms with E-state index in [2.05, 4.69) is 5.32 Å². The summed E-state index contributed by atoms with van der Waals surface area (Å²) in [7, 11) is 0. The summed E-state index contributed by atoms with van der Waals surface area (Å²) in [5.41, 5.74) is 7.73. The van der Waals surface area contributed by atoms with E-state index < -0.39 is 0 Å². The van der Waals surface area contributed by atoms with Gasteiger partial charge in [-0.05, 0) is 24.5 Å². The van der Waals surface area contributed by atoms with Crippen molar-refractivity contribution in [2.75, 3.05) is 12.3 Å². The number of carbonyl (C=O) groups is 1. The maximum absolute atomic E-state index is 12.3. The summed E-state index contributed by atoms with van der Waals surface area (Å²) in [6.45, 7) is 5.85. The predicted octanol–water partition coefficient (Wildman–Crippen LogP) is 2.54. The molecule has 1 heterocycles. The molecule has 5 heteroatoms. The molecule has 1 aromatic carbocycles. The van der Waals surface area contributed by atoms with Crippen molar-refractivity contribution in [2.45, 2.75) is 26.8 Å². The second kappa shape index (κ2) is 5.81. The van der Waals surface area contributed by atoms with E-state index in [1.807, 2.05) is 39.0 Å². The number of aryl methyl sites for hydroxylation is 1. The Morgan fingerprint density at radius 2 is 2.15 bits per heavy atom. The second-order valence-electron chi connectivity index (χ2n) is 5.35. The van der Waals surface area contributed by atoms with Gasteiger partial charge in [-0.2, -0.15) is 0 Å². The Morgan fingerprint density at radius 1 is 1.45 bits per heavy atom. The molecular weight excluding hydrogens is 272 g/mol. The Balaban J connectivity index is 2.33. The minimum Gasteiger partial charge on any atom is -0.397 e. The van der Waals surface area contributed by atoms with Crippen LogP contribution in [0.15, 0.2) is 18.2 Å². The smallest absolute Gasteiger partial charge is 0.263 e. The number of benzene rings is 1. The lowest BCUT2D eigenvalue weighted by Gasteiger charge is -2.19. The highest BCUT2D eigenvalue weighted by molar-refractivity contribution is 7.21. The third kappa shape index (κ3) is 2.78. The van der Waals surface area contributed by atoms with Crippen LogP contribution in [0.2, 0.25) is 0 Å². The Morgan fingerprint density at radius 3 is 2.75 bits per heavy atom. The molecule has 1 unspecified atom stereocenters. The Bertz CT molecular complexity index is 634. The van der Waals surface area contributed by atoms with E-state index in [9.17, 15) is 9.90 Å². The number of nitrogens with one attached hydrogen (secondary N) is 1. The Hall–Kier alpha value is -1.59. The number of anilines is 1. The summed E-state index contributed by atoms with van der Waals surface area (Å²) in [6, 6.07) is 5.70. The van der Waals surface area contributed by atoms with E-state index in [1.165, 1.54) is 11.3 Å². The van der Waals surface area contributed by atoms with Crippen LogP contribution in [0.25, 0.3) is 10.1 Å². The van der Waals surface area contributed by atoms with Crippen molar-refractivity contribution in [3.05, 3.63) is 28.6 Å². The molecule has 0 radical (unpaired) electrons. The predicted molar refractivity (Wildman–Crippen MR) is 84.2 cm³/mol. The van der Waals surface area contributed by atoms with Crippen LogP contribution in [0.4, 0.5) is 5.69 Å². The van der Waals surface area contributed by atoms with Crippen molar-refractivity contribution < 1.29 is 9.90 Å². The van der Waals surface area contributed by atoms with E-state index in [1.54, 1.807) is 0 Å². The first-order valence-electron chi connectivity index (χ1n) is 6.64. The first kappa shape index (κ1) is 14.8. The third-order valence-electron chi connectivity index (χ3n) is 3.41. The molecule has 0 saturated carbocycles. The van der Waals surface area contributed by atoms with Gasteiger partial charge in [0.2, 0.25) is 0 Å². The van der Waals surface area contributed by atoms with E-state index in [0.717, 1.165) is 15.6 Å². The van der Waals surface area contributed by atoms with Gasteiger partial charge in [0.1, 0.15) is 4.88 Å². The minimum atomic E-state index is -0.256. The molecule has 2 rings (SSSR count). The summed E-state index contributed by atoms with van der Waals surface area (Å²) in [5, 5.41) is 13.0. The van der Waals surface area contributed by atoms with Gasteiger partial charge in [-0.25, -0.2) is 0 Å². The number of thiophene rings is 1. The van der Waals surface area contributed by atoms with Crippen molar-refractivity contribution in [1.29, 1.82) is 0 Å². The SMILES string of the molecule is Cc1ccc2c(N)c(C(=O)NC(CO)C(C)C)sc2c1. The van der Waals surface area contributed by atoms with Crippen LogP contribution in [0.5, 0.6) is 0 Å². The molecule has 0 aliphatic heterocycles. The van der Waals surface area contributed by atoms with Crippen molar-refractivity contribution >= 4 is 33.0 Å². The number of aliphatic hydroxyl groups is 1. The van der Waals surface area contributed by atoms with Gasteiger partial charge in [0.15, 0.2) is 0 Å². The van der Waals surface area contributed by atoms with E-state index in [4.69, 9.17) is 5.73 Å². The number of carbonyl (C=O) groups excluding carboxylic acids is 1. The highest BCUT2D eigenvalue weighted by Gasteiger charge is 2.20. The summed E-state index contributed by atoms with van der Waals surface area (Å²) < 4.78 is 1.01. The van der Waals surface area contributed by atoms with Crippen molar-refractivity contribution in [2.24, 2.45) is 5.92 Å². The molecule has 2 aromatic rings. The van der Waals surface area contributed by atoms with Crippen LogP contribution in [-0.4, -0.2) is 23.7 Å². The lowest BCUT2D eigenvalue weighted by Crippen LogP contribution is -2.41. The average Bonchev–Trinajstić information content (AvgIpc) is 2.72. The van der Waals surface area contributed by atoms with Crippen LogP contribution < -0.4 is 11.1 Å². The van der Waals surface area contributed by atoms with Crippen LogP contribution in [0.3, 0.4) is 0 Å². The standard InChI is InChI=1S/C15H20N2O2S/c1-8(2)11(7-18)17-15(19)14-13(16)10-5-4-9(3)6-12(10)20-14/h4-6,8,11,18H,7,16H2,1-3H3,(H,17,19). The van der Waals surface area contributed by atoms with E-state index in [0.29, 0.717) is 10.6 Å². The summed E-state index contributed by atoms with van der Waals surface area (Å²) in [4.78, 5) is 12.8. The number of aliphatic hydroxyl groups excluding tert-OH is 1. The maximum atomic E-state index is 12.3. The molecule has 108 valence electrons. The van der Waals surface area contributed by atoms with Crippen molar-refractivity contribution in [3.8, 4) is 0 Å². The molecule has 0 aliphatic rings. The molecule has 0 saturated heterocycles. The number of fused-ring (bicyclic) bond motifs is 1. The zero-order valence-corrected chi connectivity index (χ0v) is 12.8. The number of nitrogens with two attached hydrogens (primary N) is 1. The quantitative estimate of drug-likeness (QED) is 0.810. The molecule has 0 spiro atoms. The van der Waals surface area contributed by atoms with Gasteiger partial charge < -0.3 is 16.2 Å². The first-order chi connectivity index (χ1) is 9.43. The molecule has 20 heavy (non-hydrogen) atoms. The summed E-state index contributed by atoms with van der Waals surface area (Å²) in [6.07, 6.45) is 0. The normalized spacial score (nSPS) is 12.8. The average molecular weight is 292 g/mol.